The summed E-state index contributed by atoms with van der Waals surface area (Å²) < 4.78 is 5.61. The van der Waals surface area contributed by atoms with E-state index in [0.29, 0.717) is 55.7 Å². The molecule has 2 saturated heterocycles. The summed E-state index contributed by atoms with van der Waals surface area (Å²) in [5, 5.41) is 18.1. The highest BCUT2D eigenvalue weighted by Crippen LogP contribution is 2.21. The van der Waals surface area contributed by atoms with Crippen molar-refractivity contribution in [3.05, 3.63) is 29.8 Å². The number of piperidine rings is 2. The molecule has 2 heterocycles. The van der Waals surface area contributed by atoms with Crippen LogP contribution >= 0.6 is 0 Å². The molecule has 0 unspecified atom stereocenters. The van der Waals surface area contributed by atoms with Gasteiger partial charge in [0.15, 0.2) is 0 Å². The van der Waals surface area contributed by atoms with Crippen LogP contribution in [0.25, 0.3) is 0 Å². The fraction of sp³-hybridized carbons (Fsp3) is 0.643. The lowest BCUT2D eigenvalue weighted by Gasteiger charge is -2.33. The standard InChI is InChI=1S/C28H42N4O6/c1-19(2)18-38-23-8-6-21(7-9-23)27(35)31-24(28(36)37)16-30-26(34)22-4-3-15-32(17-22)25(33)10-5-20-11-13-29-14-12-20/h6-9,19-20,22,24,29H,3-5,10-18H2,1-2H3,(H,30,34)(H,31,35)(H,36,37)/t22-,24-/m1/s1. The first-order valence-corrected chi connectivity index (χ1v) is 13.8. The van der Waals surface area contributed by atoms with Crippen LogP contribution in [0.2, 0.25) is 0 Å². The summed E-state index contributed by atoms with van der Waals surface area (Å²) >= 11 is 0. The third-order valence-electron chi connectivity index (χ3n) is 7.15. The molecule has 0 saturated carbocycles. The first kappa shape index (κ1) is 29.4. The average molecular weight is 531 g/mol. The molecule has 0 aromatic heterocycles. The number of nitrogens with one attached hydrogen (secondary N) is 3. The fourth-order valence-corrected chi connectivity index (χ4v) is 4.83. The summed E-state index contributed by atoms with van der Waals surface area (Å²) in [6, 6.07) is 5.19. The zero-order chi connectivity index (χ0) is 27.5. The van der Waals surface area contributed by atoms with Crippen LogP contribution in [0.3, 0.4) is 0 Å². The van der Waals surface area contributed by atoms with E-state index in [1.54, 1.807) is 29.2 Å². The molecule has 10 nitrogen and oxygen atoms in total. The van der Waals surface area contributed by atoms with E-state index in [4.69, 9.17) is 4.74 Å². The molecule has 1 aromatic rings. The molecule has 2 aliphatic rings. The summed E-state index contributed by atoms with van der Waals surface area (Å²) in [6.07, 6.45) is 4.93. The van der Waals surface area contributed by atoms with Crippen LogP contribution < -0.4 is 20.7 Å². The number of carboxylic acid groups (broad SMARTS) is 1. The van der Waals surface area contributed by atoms with E-state index in [0.717, 1.165) is 38.8 Å². The highest BCUT2D eigenvalue weighted by atomic mass is 16.5. The van der Waals surface area contributed by atoms with Gasteiger partial charge in [-0.15, -0.1) is 0 Å². The summed E-state index contributed by atoms with van der Waals surface area (Å²) in [6.45, 7) is 7.37. The van der Waals surface area contributed by atoms with Crippen LogP contribution in [-0.4, -0.2) is 79.1 Å². The van der Waals surface area contributed by atoms with E-state index < -0.39 is 23.8 Å². The number of rotatable bonds is 12. The maximum atomic E-state index is 12.8. The number of carbonyl (C=O) groups is 4. The lowest BCUT2D eigenvalue weighted by Crippen LogP contribution is -2.51. The van der Waals surface area contributed by atoms with Crippen LogP contribution in [0.4, 0.5) is 0 Å². The molecule has 3 rings (SSSR count). The number of ether oxygens (including phenoxy) is 1. The van der Waals surface area contributed by atoms with E-state index in [-0.39, 0.29) is 18.4 Å². The number of carbonyl (C=O) groups excluding carboxylic acids is 3. The normalized spacial score (nSPS) is 19.0. The molecule has 2 fully saturated rings. The molecule has 1 aromatic carbocycles. The molecule has 210 valence electrons. The molecule has 0 radical (unpaired) electrons. The Morgan fingerprint density at radius 3 is 2.47 bits per heavy atom. The summed E-state index contributed by atoms with van der Waals surface area (Å²) in [5.74, 6) is -0.836. The monoisotopic (exact) mass is 530 g/mol. The van der Waals surface area contributed by atoms with Crippen molar-refractivity contribution in [1.82, 2.24) is 20.9 Å². The maximum Gasteiger partial charge on any atom is 0.328 e. The van der Waals surface area contributed by atoms with Crippen molar-refractivity contribution in [3.63, 3.8) is 0 Å². The SMILES string of the molecule is CC(C)COc1ccc(C(=O)N[C@H](CNC(=O)[C@@H]2CCCN(C(=O)CCC3CCNCC3)C2)C(=O)O)cc1. The smallest absolute Gasteiger partial charge is 0.328 e. The van der Waals surface area contributed by atoms with Gasteiger partial charge in [-0.1, -0.05) is 13.8 Å². The van der Waals surface area contributed by atoms with Crippen molar-refractivity contribution >= 4 is 23.7 Å². The lowest BCUT2D eigenvalue weighted by atomic mass is 9.92. The first-order valence-electron chi connectivity index (χ1n) is 13.8. The predicted molar refractivity (Wildman–Crippen MR) is 143 cm³/mol. The van der Waals surface area contributed by atoms with Crippen LogP contribution in [0, 0.1) is 17.8 Å². The van der Waals surface area contributed by atoms with Crippen molar-refractivity contribution in [2.75, 3.05) is 39.3 Å². The van der Waals surface area contributed by atoms with E-state index in [1.165, 1.54) is 0 Å². The first-order chi connectivity index (χ1) is 18.2. The van der Waals surface area contributed by atoms with Gasteiger partial charge >= 0.3 is 5.97 Å². The number of carboxylic acids is 1. The van der Waals surface area contributed by atoms with E-state index in [2.05, 4.69) is 16.0 Å². The Labute approximate surface area is 224 Å². The minimum Gasteiger partial charge on any atom is -0.493 e. The second-order valence-electron chi connectivity index (χ2n) is 10.7. The van der Waals surface area contributed by atoms with Gasteiger partial charge in [-0.2, -0.15) is 0 Å². The van der Waals surface area contributed by atoms with Crippen LogP contribution in [0.15, 0.2) is 24.3 Å². The summed E-state index contributed by atoms with van der Waals surface area (Å²) in [7, 11) is 0. The number of hydrogen-bond donors (Lipinski definition) is 4. The predicted octanol–water partition coefficient (Wildman–Crippen LogP) is 2.04. The average Bonchev–Trinajstić information content (AvgIpc) is 2.93. The minimum atomic E-state index is -1.28. The van der Waals surface area contributed by atoms with Gasteiger partial charge in [-0.3, -0.25) is 14.4 Å². The maximum absolute atomic E-state index is 12.8. The molecule has 4 N–H and O–H groups in total. The van der Waals surface area contributed by atoms with Gasteiger partial charge in [0.05, 0.1) is 12.5 Å². The van der Waals surface area contributed by atoms with Crippen molar-refractivity contribution < 1.29 is 29.0 Å². The second kappa shape index (κ2) is 14.7. The molecule has 2 atom stereocenters. The van der Waals surface area contributed by atoms with Crippen LogP contribution in [0.1, 0.15) is 62.7 Å². The molecule has 3 amide bonds. The third kappa shape index (κ3) is 9.31. The van der Waals surface area contributed by atoms with Crippen LogP contribution in [0.5, 0.6) is 5.75 Å². The Morgan fingerprint density at radius 1 is 1.11 bits per heavy atom. The fourth-order valence-electron chi connectivity index (χ4n) is 4.83. The highest BCUT2D eigenvalue weighted by molar-refractivity contribution is 5.96. The van der Waals surface area contributed by atoms with Gasteiger partial charge in [0.1, 0.15) is 11.8 Å². The van der Waals surface area contributed by atoms with Gasteiger partial charge < -0.3 is 30.7 Å². The topological polar surface area (TPSA) is 137 Å². The van der Waals surface area contributed by atoms with Crippen molar-refractivity contribution in [3.8, 4) is 5.75 Å². The number of nitrogens with zero attached hydrogens (tertiary/aromatic N) is 1. The van der Waals surface area contributed by atoms with Gasteiger partial charge in [0, 0.05) is 31.6 Å². The Balaban J connectivity index is 1.45. The van der Waals surface area contributed by atoms with Gasteiger partial charge in [-0.05, 0) is 81.3 Å². The minimum absolute atomic E-state index is 0.0809. The number of aliphatic carboxylic acids is 1. The number of likely N-dealkylation sites (tertiary alicyclic amines) is 1. The molecule has 10 heteroatoms. The van der Waals surface area contributed by atoms with Crippen molar-refractivity contribution in [1.29, 1.82) is 0 Å². The Bertz CT molecular complexity index is 945. The van der Waals surface area contributed by atoms with E-state index in [1.807, 2.05) is 13.8 Å². The Hall–Kier alpha value is -3.14. The Morgan fingerprint density at radius 2 is 1.82 bits per heavy atom. The molecular formula is C28H42N4O6. The van der Waals surface area contributed by atoms with E-state index in [9.17, 15) is 24.3 Å². The third-order valence-corrected chi connectivity index (χ3v) is 7.15. The lowest BCUT2D eigenvalue weighted by molar-refractivity contribution is -0.139. The van der Waals surface area contributed by atoms with Crippen molar-refractivity contribution in [2.24, 2.45) is 17.8 Å². The highest BCUT2D eigenvalue weighted by Gasteiger charge is 2.30. The number of amides is 3. The molecule has 0 spiro atoms. The quantitative estimate of drug-likeness (QED) is 0.325. The zero-order valence-corrected chi connectivity index (χ0v) is 22.5. The van der Waals surface area contributed by atoms with Crippen molar-refractivity contribution in [2.45, 2.75) is 58.4 Å². The Kier molecular flexibility index (Phi) is 11.4. The number of hydrogen-bond acceptors (Lipinski definition) is 6. The number of benzene rings is 1. The van der Waals surface area contributed by atoms with Gasteiger partial charge in [0.25, 0.3) is 5.91 Å². The molecule has 2 aliphatic heterocycles. The van der Waals surface area contributed by atoms with Crippen LogP contribution in [-0.2, 0) is 14.4 Å². The molecule has 0 bridgehead atoms. The van der Waals surface area contributed by atoms with Gasteiger partial charge in [-0.25, -0.2) is 4.79 Å². The van der Waals surface area contributed by atoms with E-state index >= 15 is 0 Å². The molecular weight excluding hydrogens is 488 g/mol. The largest absolute Gasteiger partial charge is 0.493 e. The molecule has 0 aliphatic carbocycles. The second-order valence-corrected chi connectivity index (χ2v) is 10.7. The summed E-state index contributed by atoms with van der Waals surface area (Å²) in [4.78, 5) is 51.7. The zero-order valence-electron chi connectivity index (χ0n) is 22.5. The summed E-state index contributed by atoms with van der Waals surface area (Å²) in [5.41, 5.74) is 0.297. The molecule has 38 heavy (non-hydrogen) atoms. The van der Waals surface area contributed by atoms with Gasteiger partial charge in [0.2, 0.25) is 11.8 Å².